The number of benzene rings is 2. The van der Waals surface area contributed by atoms with Gasteiger partial charge in [0.2, 0.25) is 0 Å². The first-order chi connectivity index (χ1) is 8.77. The maximum Gasteiger partial charge on any atom is 0.125 e. The maximum atomic E-state index is 10.0. The summed E-state index contributed by atoms with van der Waals surface area (Å²) in [6.45, 7) is 0. The lowest BCUT2D eigenvalue weighted by atomic mass is 10.1. The Morgan fingerprint density at radius 2 is 2.00 bits per heavy atom. The summed E-state index contributed by atoms with van der Waals surface area (Å²) in [7, 11) is 1.83. The van der Waals surface area contributed by atoms with E-state index in [4.69, 9.17) is 6.42 Å². The number of para-hydroxylation sites is 1. The fourth-order valence-corrected chi connectivity index (χ4v) is 2.45. The van der Waals surface area contributed by atoms with Crippen molar-refractivity contribution in [2.75, 3.05) is 12.5 Å². The molecule has 0 aliphatic heterocycles. The van der Waals surface area contributed by atoms with Crippen LogP contribution in [0.4, 0.5) is 0 Å². The smallest absolute Gasteiger partial charge is 0.125 e. The van der Waals surface area contributed by atoms with Crippen LogP contribution in [0.2, 0.25) is 0 Å². The number of phenols is 1. The van der Waals surface area contributed by atoms with E-state index in [1.165, 1.54) is 0 Å². The van der Waals surface area contributed by atoms with Gasteiger partial charge in [-0.25, -0.2) is 0 Å². The number of fused-ring (bicyclic) bond motifs is 3. The normalized spacial score (nSPS) is 10.7. The lowest BCUT2D eigenvalue weighted by Crippen LogP contribution is -2.08. The number of aromatic nitrogens is 1. The number of hydrogen-bond donors (Lipinski definition) is 2. The Balaban J connectivity index is 2.67. The standard InChI is InChI=1S/C15H12N2O/c1-3-10-6-4-7-11-14-12(8-5-9-13(14)18)17(16-2)15(10)11/h1,4-9,16,18H,2H3. The topological polar surface area (TPSA) is 37.2 Å². The molecule has 3 rings (SSSR count). The Morgan fingerprint density at radius 3 is 2.72 bits per heavy atom. The molecule has 1 aromatic heterocycles. The van der Waals surface area contributed by atoms with Crippen LogP contribution in [0.25, 0.3) is 21.8 Å². The van der Waals surface area contributed by atoms with Crippen molar-refractivity contribution in [1.82, 2.24) is 4.68 Å². The molecule has 0 fully saturated rings. The molecule has 3 aromatic rings. The van der Waals surface area contributed by atoms with Gasteiger partial charge in [-0.05, 0) is 18.2 Å². The highest BCUT2D eigenvalue weighted by Crippen LogP contribution is 2.35. The first-order valence-electron chi connectivity index (χ1n) is 5.67. The van der Waals surface area contributed by atoms with Crippen molar-refractivity contribution in [1.29, 1.82) is 0 Å². The van der Waals surface area contributed by atoms with Crippen molar-refractivity contribution < 1.29 is 5.11 Å². The van der Waals surface area contributed by atoms with Crippen LogP contribution >= 0.6 is 0 Å². The van der Waals surface area contributed by atoms with E-state index in [0.717, 1.165) is 27.4 Å². The molecule has 0 unspecified atom stereocenters. The van der Waals surface area contributed by atoms with Crippen molar-refractivity contribution in [3.8, 4) is 18.1 Å². The zero-order chi connectivity index (χ0) is 12.7. The van der Waals surface area contributed by atoms with Crippen LogP contribution in [-0.4, -0.2) is 16.8 Å². The van der Waals surface area contributed by atoms with Crippen molar-refractivity contribution in [2.24, 2.45) is 0 Å². The van der Waals surface area contributed by atoms with Crippen LogP contribution in [0.1, 0.15) is 5.56 Å². The molecule has 0 saturated carbocycles. The zero-order valence-electron chi connectivity index (χ0n) is 9.94. The fraction of sp³-hybridized carbons (Fsp3) is 0.0667. The zero-order valence-corrected chi connectivity index (χ0v) is 9.94. The fourth-order valence-electron chi connectivity index (χ4n) is 2.45. The molecule has 2 aromatic carbocycles. The Kier molecular flexibility index (Phi) is 2.17. The Morgan fingerprint density at radius 1 is 1.22 bits per heavy atom. The second-order valence-electron chi connectivity index (χ2n) is 4.08. The highest BCUT2D eigenvalue weighted by Gasteiger charge is 2.14. The molecule has 0 spiro atoms. The third-order valence-electron chi connectivity index (χ3n) is 3.17. The van der Waals surface area contributed by atoms with Crippen LogP contribution in [0.3, 0.4) is 0 Å². The van der Waals surface area contributed by atoms with Gasteiger partial charge in [0.1, 0.15) is 5.75 Å². The van der Waals surface area contributed by atoms with E-state index in [2.05, 4.69) is 11.3 Å². The highest BCUT2D eigenvalue weighted by atomic mass is 16.3. The Labute approximate surface area is 105 Å². The van der Waals surface area contributed by atoms with Gasteiger partial charge in [0.05, 0.1) is 22.0 Å². The minimum absolute atomic E-state index is 0.265. The predicted molar refractivity (Wildman–Crippen MR) is 74.3 cm³/mol. The summed E-state index contributed by atoms with van der Waals surface area (Å²) in [4.78, 5) is 0. The summed E-state index contributed by atoms with van der Waals surface area (Å²) in [6, 6.07) is 11.2. The van der Waals surface area contributed by atoms with Gasteiger partial charge >= 0.3 is 0 Å². The van der Waals surface area contributed by atoms with Gasteiger partial charge in [-0.3, -0.25) is 4.68 Å². The quantitative estimate of drug-likeness (QED) is 0.637. The average Bonchev–Trinajstić information content (AvgIpc) is 2.73. The lowest BCUT2D eigenvalue weighted by molar-refractivity contribution is 0.482. The molecule has 0 aliphatic rings. The van der Waals surface area contributed by atoms with E-state index >= 15 is 0 Å². The van der Waals surface area contributed by atoms with Gasteiger partial charge in [-0.15, -0.1) is 6.42 Å². The number of phenolic OH excluding ortho intramolecular Hbond substituents is 1. The minimum atomic E-state index is 0.265. The number of hydrogen-bond acceptors (Lipinski definition) is 2. The highest BCUT2D eigenvalue weighted by molar-refractivity contribution is 6.12. The van der Waals surface area contributed by atoms with Crippen molar-refractivity contribution in [3.63, 3.8) is 0 Å². The minimum Gasteiger partial charge on any atom is -0.507 e. The lowest BCUT2D eigenvalue weighted by Gasteiger charge is -2.06. The third kappa shape index (κ3) is 1.20. The van der Waals surface area contributed by atoms with E-state index in [0.29, 0.717) is 0 Å². The number of rotatable bonds is 1. The molecule has 18 heavy (non-hydrogen) atoms. The summed E-state index contributed by atoms with van der Waals surface area (Å²) >= 11 is 0. The molecule has 3 nitrogen and oxygen atoms in total. The predicted octanol–water partition coefficient (Wildman–Crippen LogP) is 2.65. The van der Waals surface area contributed by atoms with Crippen LogP contribution in [-0.2, 0) is 0 Å². The number of nitrogens with zero attached hydrogens (tertiary/aromatic N) is 1. The molecule has 2 N–H and O–H groups in total. The summed E-state index contributed by atoms with van der Waals surface area (Å²) in [5, 5.41) is 11.8. The second kappa shape index (κ2) is 3.71. The van der Waals surface area contributed by atoms with Gasteiger partial charge in [0.15, 0.2) is 0 Å². The Hall–Kier alpha value is -2.60. The van der Waals surface area contributed by atoms with Crippen LogP contribution in [0.5, 0.6) is 5.75 Å². The molecule has 0 radical (unpaired) electrons. The van der Waals surface area contributed by atoms with Gasteiger partial charge in [-0.2, -0.15) is 0 Å². The summed E-state index contributed by atoms with van der Waals surface area (Å²) in [5.41, 5.74) is 5.74. The van der Waals surface area contributed by atoms with E-state index in [-0.39, 0.29) is 5.75 Å². The summed E-state index contributed by atoms with van der Waals surface area (Å²) in [6.07, 6.45) is 5.55. The molecule has 3 heteroatoms. The number of nitrogens with one attached hydrogen (secondary N) is 1. The molecule has 0 atom stereocenters. The summed E-state index contributed by atoms with van der Waals surface area (Å²) in [5.74, 6) is 2.95. The van der Waals surface area contributed by atoms with Crippen LogP contribution < -0.4 is 5.43 Å². The molecular weight excluding hydrogens is 224 g/mol. The average molecular weight is 236 g/mol. The van der Waals surface area contributed by atoms with Gasteiger partial charge in [0, 0.05) is 12.4 Å². The van der Waals surface area contributed by atoms with Gasteiger partial charge < -0.3 is 10.5 Å². The second-order valence-corrected chi connectivity index (χ2v) is 4.08. The Bertz CT molecular complexity index is 793. The molecule has 1 heterocycles. The van der Waals surface area contributed by atoms with E-state index < -0.39 is 0 Å². The molecule has 0 aliphatic carbocycles. The van der Waals surface area contributed by atoms with E-state index in [9.17, 15) is 5.11 Å². The monoisotopic (exact) mass is 236 g/mol. The first kappa shape index (κ1) is 10.5. The van der Waals surface area contributed by atoms with Gasteiger partial charge in [0.25, 0.3) is 0 Å². The summed E-state index contributed by atoms with van der Waals surface area (Å²) < 4.78 is 1.90. The van der Waals surface area contributed by atoms with E-state index in [1.54, 1.807) is 6.07 Å². The maximum absolute atomic E-state index is 10.0. The molecule has 88 valence electrons. The number of aromatic hydroxyl groups is 1. The SMILES string of the molecule is C#Cc1cccc2c3c(O)cccc3n(NC)c12. The van der Waals surface area contributed by atoms with Crippen molar-refractivity contribution in [2.45, 2.75) is 0 Å². The number of terminal acetylenes is 1. The van der Waals surface area contributed by atoms with Crippen molar-refractivity contribution >= 4 is 21.8 Å². The van der Waals surface area contributed by atoms with Crippen LogP contribution in [0, 0.1) is 12.3 Å². The molecule has 0 amide bonds. The largest absolute Gasteiger partial charge is 0.507 e. The van der Waals surface area contributed by atoms with Crippen LogP contribution in [0.15, 0.2) is 36.4 Å². The first-order valence-corrected chi connectivity index (χ1v) is 5.67. The van der Waals surface area contributed by atoms with Gasteiger partial charge in [-0.1, -0.05) is 24.1 Å². The molecular formula is C15H12N2O. The van der Waals surface area contributed by atoms with E-state index in [1.807, 2.05) is 42.1 Å². The third-order valence-corrected chi connectivity index (χ3v) is 3.17. The molecule has 0 bridgehead atoms. The molecule has 0 saturated heterocycles. The van der Waals surface area contributed by atoms with Crippen molar-refractivity contribution in [3.05, 3.63) is 42.0 Å².